The Bertz CT molecular complexity index is 818. The Hall–Kier alpha value is -1.48. The lowest BCUT2D eigenvalue weighted by atomic mass is 9.74. The lowest BCUT2D eigenvalue weighted by molar-refractivity contribution is -0.244. The molecule has 162 valence electrons. The maximum absolute atomic E-state index is 6.08. The van der Waals surface area contributed by atoms with E-state index < -0.39 is 0 Å². The standard InChI is InChI=1S/C14H18O2.C13H18O/c1-9-12-10-4-5-11(8-10)13(12)14(16-9)6-2-3-7-15-14;1-4-13(3)12-10-6-5-9(7-10)11(12)8(2)14-13/h4-5,10-13H,1-3,6-8H2;5-6,9-12H,2,4,7H2,1,3H3. The van der Waals surface area contributed by atoms with Crippen molar-refractivity contribution in [3.05, 3.63) is 49.0 Å². The van der Waals surface area contributed by atoms with E-state index in [0.29, 0.717) is 35.5 Å². The molecule has 3 heteroatoms. The van der Waals surface area contributed by atoms with E-state index in [1.165, 1.54) is 25.7 Å². The summed E-state index contributed by atoms with van der Waals surface area (Å²) < 4.78 is 18.1. The van der Waals surface area contributed by atoms with Crippen molar-refractivity contribution in [1.82, 2.24) is 0 Å². The SMILES string of the molecule is C=C1OC(C)(CC)C2C3C=CC(C3)C12.C=C1OC2(CCCCO2)C2C3C=CC(C3)C12. The number of ether oxygens (including phenoxy) is 3. The molecule has 7 rings (SSSR count). The summed E-state index contributed by atoms with van der Waals surface area (Å²) in [6.07, 6.45) is 16.7. The van der Waals surface area contributed by atoms with Gasteiger partial charge in [-0.05, 0) is 62.7 Å². The monoisotopic (exact) mass is 408 g/mol. The fraction of sp³-hybridized carbons (Fsp3) is 0.704. The molecule has 0 aromatic rings. The van der Waals surface area contributed by atoms with Crippen LogP contribution in [-0.4, -0.2) is 18.0 Å². The lowest BCUT2D eigenvalue weighted by Gasteiger charge is -2.38. The van der Waals surface area contributed by atoms with Gasteiger partial charge >= 0.3 is 0 Å². The minimum Gasteiger partial charge on any atom is -0.492 e. The Balaban J connectivity index is 0.000000118. The summed E-state index contributed by atoms with van der Waals surface area (Å²) in [5.41, 5.74) is 0.0614. The quantitative estimate of drug-likeness (QED) is 0.498. The van der Waals surface area contributed by atoms with Gasteiger partial charge in [0.25, 0.3) is 0 Å². The highest BCUT2D eigenvalue weighted by atomic mass is 16.7. The van der Waals surface area contributed by atoms with Crippen LogP contribution in [0.1, 0.15) is 52.4 Å². The first-order valence-corrected chi connectivity index (χ1v) is 12.2. The van der Waals surface area contributed by atoms with Crippen LogP contribution in [-0.2, 0) is 14.2 Å². The van der Waals surface area contributed by atoms with Crippen LogP contribution in [0.2, 0.25) is 0 Å². The zero-order valence-electron chi connectivity index (χ0n) is 18.5. The molecule has 3 saturated heterocycles. The van der Waals surface area contributed by atoms with Gasteiger partial charge in [0.2, 0.25) is 5.79 Å². The molecule has 3 heterocycles. The maximum Gasteiger partial charge on any atom is 0.214 e. The van der Waals surface area contributed by atoms with Crippen molar-refractivity contribution < 1.29 is 14.2 Å². The zero-order valence-corrected chi connectivity index (χ0v) is 18.5. The highest BCUT2D eigenvalue weighted by molar-refractivity contribution is 5.27. The Morgan fingerprint density at radius 3 is 2.10 bits per heavy atom. The predicted octanol–water partition coefficient (Wildman–Crippen LogP) is 6.00. The maximum atomic E-state index is 6.08. The van der Waals surface area contributed by atoms with E-state index in [1.807, 2.05) is 0 Å². The van der Waals surface area contributed by atoms with Gasteiger partial charge in [-0.3, -0.25) is 0 Å². The molecule has 7 aliphatic rings. The van der Waals surface area contributed by atoms with E-state index in [-0.39, 0.29) is 11.4 Å². The van der Waals surface area contributed by atoms with Crippen LogP contribution in [0.4, 0.5) is 0 Å². The molecule has 4 bridgehead atoms. The highest BCUT2D eigenvalue weighted by Gasteiger charge is 2.63. The van der Waals surface area contributed by atoms with Crippen LogP contribution in [0.25, 0.3) is 0 Å². The number of hydrogen-bond donors (Lipinski definition) is 0. The first kappa shape index (κ1) is 19.2. The third kappa shape index (κ3) is 2.48. The molecule has 2 saturated carbocycles. The Morgan fingerprint density at radius 2 is 1.47 bits per heavy atom. The summed E-state index contributed by atoms with van der Waals surface area (Å²) in [4.78, 5) is 0. The summed E-state index contributed by atoms with van der Waals surface area (Å²) >= 11 is 0. The molecule has 1 spiro atoms. The molecule has 10 unspecified atom stereocenters. The first-order chi connectivity index (χ1) is 14.5. The van der Waals surface area contributed by atoms with Crippen LogP contribution in [0.3, 0.4) is 0 Å². The third-order valence-electron chi connectivity index (χ3n) is 9.51. The van der Waals surface area contributed by atoms with Crippen LogP contribution in [0, 0.1) is 47.3 Å². The largest absolute Gasteiger partial charge is 0.492 e. The predicted molar refractivity (Wildman–Crippen MR) is 117 cm³/mol. The number of fused-ring (bicyclic) bond motifs is 11. The van der Waals surface area contributed by atoms with Crippen LogP contribution < -0.4 is 0 Å². The second-order valence-corrected chi connectivity index (χ2v) is 10.9. The molecule has 10 atom stereocenters. The summed E-state index contributed by atoms with van der Waals surface area (Å²) in [5, 5.41) is 0. The van der Waals surface area contributed by atoms with Gasteiger partial charge in [-0.1, -0.05) is 44.4 Å². The van der Waals surface area contributed by atoms with Crippen molar-refractivity contribution in [3.63, 3.8) is 0 Å². The van der Waals surface area contributed by atoms with E-state index in [0.717, 1.165) is 42.8 Å². The molecule has 0 aromatic heterocycles. The Kier molecular flexibility index (Phi) is 4.17. The van der Waals surface area contributed by atoms with Crippen molar-refractivity contribution in [1.29, 1.82) is 0 Å². The van der Waals surface area contributed by atoms with Crippen molar-refractivity contribution >= 4 is 0 Å². The molecule has 0 aromatic carbocycles. The molecule has 3 nitrogen and oxygen atoms in total. The number of hydrogen-bond acceptors (Lipinski definition) is 3. The average Bonchev–Trinajstić information content (AvgIpc) is 3.56. The minimum atomic E-state index is -0.301. The molecule has 0 N–H and O–H groups in total. The molecule has 3 aliphatic heterocycles. The van der Waals surface area contributed by atoms with Crippen molar-refractivity contribution in [2.24, 2.45) is 47.3 Å². The van der Waals surface area contributed by atoms with E-state index in [2.05, 4.69) is 51.3 Å². The van der Waals surface area contributed by atoms with E-state index in [4.69, 9.17) is 14.2 Å². The van der Waals surface area contributed by atoms with Crippen molar-refractivity contribution in [2.45, 2.75) is 63.8 Å². The minimum absolute atomic E-state index is 0.0614. The lowest BCUT2D eigenvalue weighted by Crippen LogP contribution is -2.44. The second-order valence-electron chi connectivity index (χ2n) is 10.9. The van der Waals surface area contributed by atoms with Gasteiger partial charge in [-0.2, -0.15) is 0 Å². The Labute approximate surface area is 181 Å². The summed E-state index contributed by atoms with van der Waals surface area (Å²) in [6, 6.07) is 0. The van der Waals surface area contributed by atoms with Crippen LogP contribution in [0.15, 0.2) is 49.0 Å². The third-order valence-corrected chi connectivity index (χ3v) is 9.51. The normalized spacial score (nSPS) is 53.5. The topological polar surface area (TPSA) is 27.7 Å². The number of allylic oxidation sites excluding steroid dienone is 6. The summed E-state index contributed by atoms with van der Waals surface area (Å²) in [7, 11) is 0. The summed E-state index contributed by atoms with van der Waals surface area (Å²) in [5.74, 6) is 6.98. The van der Waals surface area contributed by atoms with Gasteiger partial charge in [-0.25, -0.2) is 0 Å². The smallest absolute Gasteiger partial charge is 0.214 e. The highest BCUT2D eigenvalue weighted by Crippen LogP contribution is 2.63. The zero-order chi connectivity index (χ0) is 20.7. The average molecular weight is 409 g/mol. The second kappa shape index (κ2) is 6.51. The molecular formula is C27H36O3. The molecular weight excluding hydrogens is 372 g/mol. The molecule has 0 amide bonds. The van der Waals surface area contributed by atoms with Gasteiger partial charge in [-0.15, -0.1) is 0 Å². The van der Waals surface area contributed by atoms with Gasteiger partial charge < -0.3 is 14.2 Å². The van der Waals surface area contributed by atoms with Gasteiger partial charge in [0.1, 0.15) is 5.60 Å². The van der Waals surface area contributed by atoms with E-state index >= 15 is 0 Å². The van der Waals surface area contributed by atoms with Crippen LogP contribution >= 0.6 is 0 Å². The fourth-order valence-electron chi connectivity index (χ4n) is 8.19. The summed E-state index contributed by atoms with van der Waals surface area (Å²) in [6.45, 7) is 13.6. The molecule has 30 heavy (non-hydrogen) atoms. The van der Waals surface area contributed by atoms with Gasteiger partial charge in [0.15, 0.2) is 0 Å². The van der Waals surface area contributed by atoms with Crippen molar-refractivity contribution in [2.75, 3.05) is 6.61 Å². The van der Waals surface area contributed by atoms with Gasteiger partial charge in [0, 0.05) is 30.1 Å². The molecule has 0 radical (unpaired) electrons. The van der Waals surface area contributed by atoms with E-state index in [9.17, 15) is 0 Å². The van der Waals surface area contributed by atoms with Crippen LogP contribution in [0.5, 0.6) is 0 Å². The molecule has 5 fully saturated rings. The molecule has 4 aliphatic carbocycles. The van der Waals surface area contributed by atoms with E-state index in [1.54, 1.807) is 0 Å². The Morgan fingerprint density at radius 1 is 0.867 bits per heavy atom. The van der Waals surface area contributed by atoms with Crippen molar-refractivity contribution in [3.8, 4) is 0 Å². The fourth-order valence-corrected chi connectivity index (χ4v) is 8.19. The van der Waals surface area contributed by atoms with Gasteiger partial charge in [0.05, 0.1) is 18.1 Å². The first-order valence-electron chi connectivity index (χ1n) is 12.2. The number of rotatable bonds is 1.